The van der Waals surface area contributed by atoms with Crippen LogP contribution in [0.4, 0.5) is 0 Å². The molecule has 0 aromatic rings. The Morgan fingerprint density at radius 1 is 1.22 bits per heavy atom. The number of ether oxygens (including phenoxy) is 1. The summed E-state index contributed by atoms with van der Waals surface area (Å²) in [4.78, 5) is 0. The van der Waals surface area contributed by atoms with Crippen molar-refractivity contribution >= 4 is 0 Å². The van der Waals surface area contributed by atoms with Crippen LogP contribution in [-0.4, -0.2) is 25.3 Å². The van der Waals surface area contributed by atoms with E-state index in [0.29, 0.717) is 11.5 Å². The summed E-state index contributed by atoms with van der Waals surface area (Å²) in [6, 6.07) is 0.728. The molecule has 0 radical (unpaired) electrons. The molecule has 0 bridgehead atoms. The van der Waals surface area contributed by atoms with Crippen molar-refractivity contribution in [1.29, 1.82) is 0 Å². The minimum Gasteiger partial charge on any atom is -0.378 e. The molecule has 1 N–H and O–H groups in total. The molecule has 0 heterocycles. The summed E-state index contributed by atoms with van der Waals surface area (Å²) >= 11 is 0. The summed E-state index contributed by atoms with van der Waals surface area (Å²) in [6.07, 6.45) is 10.2. The van der Waals surface area contributed by atoms with Gasteiger partial charge in [0.1, 0.15) is 0 Å². The summed E-state index contributed by atoms with van der Waals surface area (Å²) in [5.41, 5.74) is 0.616. The Morgan fingerprint density at radius 3 is 2.44 bits per heavy atom. The van der Waals surface area contributed by atoms with Crippen LogP contribution in [0.15, 0.2) is 0 Å². The maximum absolute atomic E-state index is 5.63. The quantitative estimate of drug-likeness (QED) is 0.746. The van der Waals surface area contributed by atoms with E-state index in [1.54, 1.807) is 0 Å². The molecule has 0 aromatic heterocycles. The van der Waals surface area contributed by atoms with Crippen LogP contribution in [0, 0.1) is 11.3 Å². The molecule has 0 saturated heterocycles. The average molecular weight is 253 g/mol. The highest BCUT2D eigenvalue weighted by Crippen LogP contribution is 2.43. The zero-order valence-corrected chi connectivity index (χ0v) is 12.5. The van der Waals surface area contributed by atoms with E-state index in [1.807, 2.05) is 0 Å². The highest BCUT2D eigenvalue weighted by molar-refractivity contribution is 4.92. The van der Waals surface area contributed by atoms with Gasteiger partial charge >= 0.3 is 0 Å². The molecule has 0 atom stereocenters. The summed E-state index contributed by atoms with van der Waals surface area (Å²) in [7, 11) is 0. The van der Waals surface area contributed by atoms with Gasteiger partial charge in [-0.1, -0.05) is 26.7 Å². The normalized spacial score (nSPS) is 30.7. The van der Waals surface area contributed by atoms with Gasteiger partial charge in [0.15, 0.2) is 0 Å². The molecule has 106 valence electrons. The second kappa shape index (κ2) is 6.38. The Kier molecular flexibility index (Phi) is 5.08. The second-order valence-corrected chi connectivity index (χ2v) is 6.93. The minimum absolute atomic E-state index is 0.539. The molecule has 2 saturated carbocycles. The number of rotatable bonds is 7. The van der Waals surface area contributed by atoms with Crippen molar-refractivity contribution in [2.24, 2.45) is 11.3 Å². The van der Waals surface area contributed by atoms with Crippen LogP contribution in [0.3, 0.4) is 0 Å². The third-order valence-electron chi connectivity index (χ3n) is 4.77. The molecule has 2 rings (SSSR count). The Labute approximate surface area is 113 Å². The van der Waals surface area contributed by atoms with E-state index in [-0.39, 0.29) is 0 Å². The molecule has 0 aliphatic heterocycles. The maximum Gasteiger partial charge on any atom is 0.0604 e. The molecule has 2 nitrogen and oxygen atoms in total. The lowest BCUT2D eigenvalue weighted by molar-refractivity contribution is -0.0127. The molecule has 0 amide bonds. The first-order valence-corrected chi connectivity index (χ1v) is 7.98. The van der Waals surface area contributed by atoms with Gasteiger partial charge in [-0.3, -0.25) is 0 Å². The molecule has 18 heavy (non-hydrogen) atoms. The van der Waals surface area contributed by atoms with E-state index in [1.165, 1.54) is 51.5 Å². The Bertz CT molecular complexity index is 239. The van der Waals surface area contributed by atoms with E-state index in [2.05, 4.69) is 26.1 Å². The van der Waals surface area contributed by atoms with E-state index < -0.39 is 0 Å². The largest absolute Gasteiger partial charge is 0.378 e. The monoisotopic (exact) mass is 253 g/mol. The molecular formula is C16H31NO. The topological polar surface area (TPSA) is 21.3 Å². The van der Waals surface area contributed by atoms with Gasteiger partial charge in [0.05, 0.1) is 6.10 Å². The van der Waals surface area contributed by atoms with Crippen LogP contribution in [0.1, 0.15) is 65.7 Å². The summed E-state index contributed by atoms with van der Waals surface area (Å²) in [5, 5.41) is 3.82. The third-order valence-corrected chi connectivity index (χ3v) is 4.77. The number of hydrogen-bond acceptors (Lipinski definition) is 2. The van der Waals surface area contributed by atoms with Gasteiger partial charge in [0.2, 0.25) is 0 Å². The van der Waals surface area contributed by atoms with E-state index in [0.717, 1.165) is 18.6 Å². The van der Waals surface area contributed by atoms with Crippen LogP contribution in [-0.2, 0) is 4.74 Å². The third kappa shape index (κ3) is 3.71. The maximum atomic E-state index is 5.63. The Hall–Kier alpha value is -0.0800. The molecule has 2 aliphatic carbocycles. The van der Waals surface area contributed by atoms with Gasteiger partial charge in [-0.05, 0) is 50.4 Å². The lowest BCUT2D eigenvalue weighted by atomic mass is 9.77. The fourth-order valence-corrected chi connectivity index (χ4v) is 3.91. The van der Waals surface area contributed by atoms with Crippen molar-refractivity contribution in [1.82, 2.24) is 5.32 Å². The van der Waals surface area contributed by atoms with Crippen LogP contribution < -0.4 is 5.32 Å². The lowest BCUT2D eigenvalue weighted by Gasteiger charge is -2.39. The summed E-state index contributed by atoms with van der Waals surface area (Å²) in [6.45, 7) is 8.95. The van der Waals surface area contributed by atoms with Gasteiger partial charge in [0, 0.05) is 19.2 Å². The first kappa shape index (κ1) is 14.3. The first-order valence-electron chi connectivity index (χ1n) is 7.98. The van der Waals surface area contributed by atoms with E-state index in [4.69, 9.17) is 4.74 Å². The SMILES string of the molecule is CCOC1CC(NCC2(CC(C)C)CCCC2)C1. The Morgan fingerprint density at radius 2 is 1.89 bits per heavy atom. The van der Waals surface area contributed by atoms with Gasteiger partial charge in [-0.2, -0.15) is 0 Å². The van der Waals surface area contributed by atoms with Crippen molar-refractivity contribution in [3.63, 3.8) is 0 Å². The molecule has 2 fully saturated rings. The number of hydrogen-bond donors (Lipinski definition) is 1. The molecule has 0 aromatic carbocycles. The second-order valence-electron chi connectivity index (χ2n) is 6.93. The minimum atomic E-state index is 0.539. The lowest BCUT2D eigenvalue weighted by Crippen LogP contribution is -2.48. The van der Waals surface area contributed by atoms with Crippen LogP contribution in [0.25, 0.3) is 0 Å². The summed E-state index contributed by atoms with van der Waals surface area (Å²) < 4.78 is 5.63. The van der Waals surface area contributed by atoms with Gasteiger partial charge in [0.25, 0.3) is 0 Å². The summed E-state index contributed by atoms with van der Waals surface area (Å²) in [5.74, 6) is 0.836. The van der Waals surface area contributed by atoms with Crippen molar-refractivity contribution in [3.05, 3.63) is 0 Å². The highest BCUT2D eigenvalue weighted by atomic mass is 16.5. The highest BCUT2D eigenvalue weighted by Gasteiger charge is 2.36. The first-order chi connectivity index (χ1) is 8.63. The van der Waals surface area contributed by atoms with Gasteiger partial charge in [-0.15, -0.1) is 0 Å². The predicted molar refractivity (Wildman–Crippen MR) is 76.8 cm³/mol. The van der Waals surface area contributed by atoms with Gasteiger partial charge in [-0.25, -0.2) is 0 Å². The Balaban J connectivity index is 1.71. The zero-order valence-electron chi connectivity index (χ0n) is 12.5. The van der Waals surface area contributed by atoms with Crippen molar-refractivity contribution < 1.29 is 4.74 Å². The predicted octanol–water partition coefficient (Wildman–Crippen LogP) is 3.75. The molecule has 0 unspecified atom stereocenters. The van der Waals surface area contributed by atoms with Crippen molar-refractivity contribution in [2.75, 3.05) is 13.2 Å². The molecule has 2 heteroatoms. The van der Waals surface area contributed by atoms with Crippen LogP contribution in [0.5, 0.6) is 0 Å². The van der Waals surface area contributed by atoms with E-state index in [9.17, 15) is 0 Å². The molecule has 0 spiro atoms. The van der Waals surface area contributed by atoms with E-state index >= 15 is 0 Å². The average Bonchev–Trinajstić information content (AvgIpc) is 2.69. The molecular weight excluding hydrogens is 222 g/mol. The molecule has 2 aliphatic rings. The fraction of sp³-hybridized carbons (Fsp3) is 1.00. The fourth-order valence-electron chi connectivity index (χ4n) is 3.91. The number of nitrogens with one attached hydrogen (secondary N) is 1. The zero-order chi connectivity index (χ0) is 13.0. The van der Waals surface area contributed by atoms with Crippen molar-refractivity contribution in [3.8, 4) is 0 Å². The van der Waals surface area contributed by atoms with Crippen LogP contribution in [0.2, 0.25) is 0 Å². The standard InChI is InChI=1S/C16H31NO/c1-4-18-15-9-14(10-15)17-12-16(11-13(2)3)7-5-6-8-16/h13-15,17H,4-12H2,1-3H3. The van der Waals surface area contributed by atoms with Crippen LogP contribution >= 0.6 is 0 Å². The van der Waals surface area contributed by atoms with Crippen molar-refractivity contribution in [2.45, 2.75) is 77.9 Å². The smallest absolute Gasteiger partial charge is 0.0604 e. The van der Waals surface area contributed by atoms with Gasteiger partial charge < -0.3 is 10.1 Å².